The van der Waals surface area contributed by atoms with Gasteiger partial charge < -0.3 is 0 Å². The topological polar surface area (TPSA) is 83.8 Å². The molecule has 25 heavy (non-hydrogen) atoms. The summed E-state index contributed by atoms with van der Waals surface area (Å²) in [5, 5.41) is 10.9. The number of fused-ring (bicyclic) bond motifs is 1. The van der Waals surface area contributed by atoms with Crippen LogP contribution in [0.4, 0.5) is 5.69 Å². The monoisotopic (exact) mass is 339 g/mol. The molecule has 128 valence electrons. The van der Waals surface area contributed by atoms with E-state index in [4.69, 9.17) is 0 Å². The molecule has 0 saturated carbocycles. The van der Waals surface area contributed by atoms with Gasteiger partial charge in [-0.3, -0.25) is 29.5 Å². The van der Waals surface area contributed by atoms with Gasteiger partial charge in [0.2, 0.25) is 0 Å². The number of imide groups is 1. The molecule has 2 amide bonds. The van der Waals surface area contributed by atoms with Crippen molar-refractivity contribution in [1.82, 2.24) is 9.80 Å². The number of rotatable bonds is 5. The van der Waals surface area contributed by atoms with Gasteiger partial charge in [-0.15, -0.1) is 0 Å². The third-order valence-electron chi connectivity index (χ3n) is 4.25. The van der Waals surface area contributed by atoms with Crippen LogP contribution in [0.2, 0.25) is 0 Å². The highest BCUT2D eigenvalue weighted by atomic mass is 16.6. The number of benzene rings is 2. The molecule has 7 heteroatoms. The fourth-order valence-corrected chi connectivity index (χ4v) is 2.89. The maximum Gasteiger partial charge on any atom is 0.270 e. The fraction of sp³-hybridized carbons (Fsp3) is 0.222. The number of non-ortho nitro benzene ring substituents is 1. The van der Waals surface area contributed by atoms with Crippen molar-refractivity contribution >= 4 is 17.5 Å². The summed E-state index contributed by atoms with van der Waals surface area (Å²) in [4.78, 5) is 38.2. The number of amides is 2. The first-order valence-corrected chi connectivity index (χ1v) is 7.76. The molecule has 3 rings (SSSR count). The lowest BCUT2D eigenvalue weighted by atomic mass is 10.1. The van der Waals surface area contributed by atoms with E-state index in [-0.39, 0.29) is 23.5 Å². The third kappa shape index (κ3) is 3.14. The Balaban J connectivity index is 1.77. The first-order chi connectivity index (χ1) is 11.9. The molecule has 0 aromatic heterocycles. The van der Waals surface area contributed by atoms with Crippen molar-refractivity contribution in [2.75, 3.05) is 13.7 Å². The molecule has 0 fully saturated rings. The zero-order chi connectivity index (χ0) is 18.1. The molecular formula is C18H17N3O4. The quantitative estimate of drug-likeness (QED) is 0.475. The first-order valence-electron chi connectivity index (χ1n) is 7.76. The van der Waals surface area contributed by atoms with Crippen molar-refractivity contribution in [2.45, 2.75) is 13.5 Å². The van der Waals surface area contributed by atoms with Crippen molar-refractivity contribution < 1.29 is 14.5 Å². The van der Waals surface area contributed by atoms with Gasteiger partial charge in [0.25, 0.3) is 17.5 Å². The average Bonchev–Trinajstić information content (AvgIpc) is 2.81. The van der Waals surface area contributed by atoms with Gasteiger partial charge in [-0.25, -0.2) is 0 Å². The lowest BCUT2D eigenvalue weighted by Crippen LogP contribution is -2.39. The van der Waals surface area contributed by atoms with Crippen molar-refractivity contribution in [3.63, 3.8) is 0 Å². The summed E-state index contributed by atoms with van der Waals surface area (Å²) in [5.41, 5.74) is 2.34. The largest absolute Gasteiger partial charge is 0.284 e. The predicted molar refractivity (Wildman–Crippen MR) is 91.1 cm³/mol. The van der Waals surface area contributed by atoms with Gasteiger partial charge in [0.15, 0.2) is 0 Å². The molecule has 2 aromatic rings. The number of carbonyl (C=O) groups excluding carboxylic acids is 2. The maximum atomic E-state index is 12.5. The van der Waals surface area contributed by atoms with E-state index in [9.17, 15) is 19.7 Å². The van der Waals surface area contributed by atoms with Crippen LogP contribution in [0.3, 0.4) is 0 Å². The van der Waals surface area contributed by atoms with Crippen molar-refractivity contribution in [3.8, 4) is 0 Å². The molecule has 1 aliphatic rings. The van der Waals surface area contributed by atoms with Gasteiger partial charge in [-0.1, -0.05) is 24.3 Å². The summed E-state index contributed by atoms with van der Waals surface area (Å²) in [6.07, 6.45) is 0. The highest BCUT2D eigenvalue weighted by Crippen LogP contribution is 2.27. The molecule has 0 N–H and O–H groups in total. The Morgan fingerprint density at radius 1 is 1.08 bits per heavy atom. The number of carbonyl (C=O) groups is 2. The Hall–Kier alpha value is -3.06. The van der Waals surface area contributed by atoms with Gasteiger partial charge in [-0.2, -0.15) is 0 Å². The lowest BCUT2D eigenvalue weighted by Gasteiger charge is -2.23. The van der Waals surface area contributed by atoms with E-state index >= 15 is 0 Å². The Morgan fingerprint density at radius 2 is 1.76 bits per heavy atom. The van der Waals surface area contributed by atoms with Gasteiger partial charge in [0, 0.05) is 18.7 Å². The normalized spacial score (nSPS) is 13.5. The molecule has 0 spiro atoms. The molecule has 0 radical (unpaired) electrons. The molecule has 2 aromatic carbocycles. The van der Waals surface area contributed by atoms with E-state index in [1.807, 2.05) is 43.1 Å². The van der Waals surface area contributed by atoms with Crippen LogP contribution < -0.4 is 0 Å². The molecular weight excluding hydrogens is 322 g/mol. The second kappa shape index (κ2) is 6.45. The number of aryl methyl sites for hydroxylation is 1. The van der Waals surface area contributed by atoms with Crippen LogP contribution in [-0.2, 0) is 6.54 Å². The van der Waals surface area contributed by atoms with Crippen LogP contribution in [-0.4, -0.2) is 40.3 Å². The highest BCUT2D eigenvalue weighted by molar-refractivity contribution is 6.21. The summed E-state index contributed by atoms with van der Waals surface area (Å²) in [6, 6.07) is 11.6. The summed E-state index contributed by atoms with van der Waals surface area (Å²) in [6.45, 7) is 2.71. The molecule has 0 saturated heterocycles. The number of nitro benzene ring substituents is 1. The van der Waals surface area contributed by atoms with Crippen LogP contribution in [0.1, 0.15) is 31.8 Å². The maximum absolute atomic E-state index is 12.5. The Morgan fingerprint density at radius 3 is 2.44 bits per heavy atom. The minimum Gasteiger partial charge on any atom is -0.284 e. The average molecular weight is 339 g/mol. The van der Waals surface area contributed by atoms with E-state index in [2.05, 4.69) is 0 Å². The lowest BCUT2D eigenvalue weighted by molar-refractivity contribution is -0.384. The zero-order valence-corrected chi connectivity index (χ0v) is 13.9. The van der Waals surface area contributed by atoms with Crippen LogP contribution in [0.5, 0.6) is 0 Å². The van der Waals surface area contributed by atoms with Gasteiger partial charge in [-0.05, 0) is 31.2 Å². The third-order valence-corrected chi connectivity index (χ3v) is 4.25. The van der Waals surface area contributed by atoms with Gasteiger partial charge in [0.1, 0.15) is 0 Å². The van der Waals surface area contributed by atoms with E-state index in [0.717, 1.165) is 22.1 Å². The summed E-state index contributed by atoms with van der Waals surface area (Å²) in [7, 11) is 1.82. The summed E-state index contributed by atoms with van der Waals surface area (Å²) >= 11 is 0. The molecule has 0 unspecified atom stereocenters. The molecule has 0 bridgehead atoms. The van der Waals surface area contributed by atoms with Crippen molar-refractivity contribution in [3.05, 3.63) is 74.8 Å². The molecule has 1 aliphatic heterocycles. The van der Waals surface area contributed by atoms with E-state index in [1.54, 1.807) is 0 Å². The summed E-state index contributed by atoms with van der Waals surface area (Å²) in [5.74, 6) is -0.924. The van der Waals surface area contributed by atoms with E-state index in [0.29, 0.717) is 6.54 Å². The van der Waals surface area contributed by atoms with Gasteiger partial charge >= 0.3 is 0 Å². The van der Waals surface area contributed by atoms with Gasteiger partial charge in [0.05, 0.1) is 22.7 Å². The molecule has 1 heterocycles. The second-order valence-corrected chi connectivity index (χ2v) is 6.11. The number of nitro groups is 1. The zero-order valence-electron chi connectivity index (χ0n) is 13.9. The molecule has 0 atom stereocenters. The minimum absolute atomic E-state index is 0.0866. The molecule has 7 nitrogen and oxygen atoms in total. The van der Waals surface area contributed by atoms with Crippen molar-refractivity contribution in [2.24, 2.45) is 0 Å². The standard InChI is InChI=1S/C18H17N3O4/c1-12-5-3-4-6-13(12)10-19(2)11-20-17(22)15-8-7-14(21(24)25)9-16(15)18(20)23/h3-9H,10-11H2,1-2H3. The second-order valence-electron chi connectivity index (χ2n) is 6.11. The Kier molecular flexibility index (Phi) is 4.33. The predicted octanol–water partition coefficient (Wildman–Crippen LogP) is 2.59. The van der Waals surface area contributed by atoms with E-state index < -0.39 is 16.7 Å². The number of hydrogen-bond acceptors (Lipinski definition) is 5. The minimum atomic E-state index is -0.578. The number of nitrogens with zero attached hydrogens (tertiary/aromatic N) is 3. The molecule has 0 aliphatic carbocycles. The first kappa shape index (κ1) is 16.8. The fourth-order valence-electron chi connectivity index (χ4n) is 2.89. The van der Waals surface area contributed by atoms with Crippen LogP contribution in [0.15, 0.2) is 42.5 Å². The van der Waals surface area contributed by atoms with Crippen molar-refractivity contribution in [1.29, 1.82) is 0 Å². The Bertz CT molecular complexity index is 878. The van der Waals surface area contributed by atoms with Crippen LogP contribution in [0, 0.1) is 17.0 Å². The van der Waals surface area contributed by atoms with Crippen LogP contribution >= 0.6 is 0 Å². The van der Waals surface area contributed by atoms with E-state index in [1.165, 1.54) is 12.1 Å². The number of hydrogen-bond donors (Lipinski definition) is 0. The Labute approximate surface area is 144 Å². The SMILES string of the molecule is Cc1ccccc1CN(C)CN1C(=O)c2ccc([N+](=O)[O-])cc2C1=O. The van der Waals surface area contributed by atoms with Crippen LogP contribution in [0.25, 0.3) is 0 Å². The smallest absolute Gasteiger partial charge is 0.270 e. The highest BCUT2D eigenvalue weighted by Gasteiger charge is 2.37. The summed E-state index contributed by atoms with van der Waals surface area (Å²) < 4.78 is 0.